The van der Waals surface area contributed by atoms with Crippen molar-refractivity contribution in [3.8, 4) is 0 Å². The minimum absolute atomic E-state index is 0.543. The Bertz CT molecular complexity index is 485. The number of rotatable bonds is 4. The minimum atomic E-state index is 0.543. The summed E-state index contributed by atoms with van der Waals surface area (Å²) in [6, 6.07) is 12.0. The molecule has 0 saturated heterocycles. The van der Waals surface area contributed by atoms with Crippen LogP contribution in [0.3, 0.4) is 0 Å². The Hall–Kier alpha value is -1.55. The van der Waals surface area contributed by atoms with Gasteiger partial charge in [0.2, 0.25) is 0 Å². The van der Waals surface area contributed by atoms with Crippen LogP contribution in [0.2, 0.25) is 0 Å². The molecule has 1 aromatic carbocycles. The van der Waals surface area contributed by atoms with Crippen molar-refractivity contribution in [2.75, 3.05) is 5.73 Å². The highest BCUT2D eigenvalue weighted by atomic mass is 32.2. The molecular weight excluding hydrogens is 230 g/mol. The first-order chi connectivity index (χ1) is 8.28. The minimum Gasteiger partial charge on any atom is -0.384 e. The van der Waals surface area contributed by atoms with Crippen LogP contribution in [0.15, 0.2) is 46.3 Å². The predicted molar refractivity (Wildman–Crippen MR) is 71.0 cm³/mol. The molecule has 4 heteroatoms. The Morgan fingerprint density at radius 1 is 1.18 bits per heavy atom. The zero-order valence-corrected chi connectivity index (χ0v) is 10.6. The van der Waals surface area contributed by atoms with Gasteiger partial charge in [0, 0.05) is 17.4 Å². The maximum Gasteiger partial charge on any atom is 0.132 e. The monoisotopic (exact) mass is 245 g/mol. The van der Waals surface area contributed by atoms with E-state index in [0.717, 1.165) is 28.6 Å². The van der Waals surface area contributed by atoms with Gasteiger partial charge >= 0.3 is 0 Å². The molecule has 2 N–H and O–H groups in total. The van der Waals surface area contributed by atoms with Crippen LogP contribution in [-0.2, 0) is 6.42 Å². The Labute approximate surface area is 105 Å². The molecular formula is C13H15N3S. The summed E-state index contributed by atoms with van der Waals surface area (Å²) in [5.41, 5.74) is 5.78. The molecule has 0 bridgehead atoms. The van der Waals surface area contributed by atoms with Crippen molar-refractivity contribution >= 4 is 17.6 Å². The molecule has 0 aliphatic carbocycles. The normalized spacial score (nSPS) is 10.4. The van der Waals surface area contributed by atoms with Crippen molar-refractivity contribution in [2.45, 2.75) is 29.7 Å². The highest BCUT2D eigenvalue weighted by Crippen LogP contribution is 2.26. The standard InChI is InChI=1S/C13H15N3S/c1-2-6-12-15-11(14)9-13(16-12)17-10-7-4-3-5-8-10/h3-5,7-9H,2,6H2,1H3,(H2,14,15,16). The van der Waals surface area contributed by atoms with Crippen LogP contribution in [0.4, 0.5) is 5.82 Å². The molecule has 0 fully saturated rings. The van der Waals surface area contributed by atoms with Gasteiger partial charge in [-0.1, -0.05) is 36.9 Å². The number of nitrogens with two attached hydrogens (primary N) is 1. The Morgan fingerprint density at radius 2 is 1.94 bits per heavy atom. The van der Waals surface area contributed by atoms with Gasteiger partial charge in [0.05, 0.1) is 0 Å². The molecule has 88 valence electrons. The first-order valence-electron chi connectivity index (χ1n) is 5.64. The third-order valence-corrected chi connectivity index (χ3v) is 3.13. The van der Waals surface area contributed by atoms with Crippen molar-refractivity contribution in [3.63, 3.8) is 0 Å². The summed E-state index contributed by atoms with van der Waals surface area (Å²) in [5.74, 6) is 1.37. The summed E-state index contributed by atoms with van der Waals surface area (Å²) >= 11 is 1.61. The predicted octanol–water partition coefficient (Wildman–Crippen LogP) is 3.16. The molecule has 0 aliphatic heterocycles. The summed E-state index contributed by atoms with van der Waals surface area (Å²) < 4.78 is 0. The fraction of sp³-hybridized carbons (Fsp3) is 0.231. The first-order valence-corrected chi connectivity index (χ1v) is 6.46. The Kier molecular flexibility index (Phi) is 3.98. The maximum atomic E-state index is 5.78. The number of nitrogens with zero attached hydrogens (tertiary/aromatic N) is 2. The van der Waals surface area contributed by atoms with E-state index in [-0.39, 0.29) is 0 Å². The molecule has 0 spiro atoms. The first kappa shape index (κ1) is 11.9. The molecule has 0 aliphatic rings. The maximum absolute atomic E-state index is 5.78. The number of aromatic nitrogens is 2. The highest BCUT2D eigenvalue weighted by molar-refractivity contribution is 7.99. The third-order valence-electron chi connectivity index (χ3n) is 2.21. The number of hydrogen-bond donors (Lipinski definition) is 1. The van der Waals surface area contributed by atoms with E-state index < -0.39 is 0 Å². The van der Waals surface area contributed by atoms with Crippen molar-refractivity contribution < 1.29 is 0 Å². The van der Waals surface area contributed by atoms with E-state index in [1.54, 1.807) is 11.8 Å². The van der Waals surface area contributed by atoms with Gasteiger partial charge in [0.25, 0.3) is 0 Å². The van der Waals surface area contributed by atoms with Crippen molar-refractivity contribution in [2.24, 2.45) is 0 Å². The van der Waals surface area contributed by atoms with E-state index in [0.29, 0.717) is 5.82 Å². The molecule has 0 saturated carbocycles. The van der Waals surface area contributed by atoms with Crippen LogP contribution in [0.5, 0.6) is 0 Å². The van der Waals surface area contributed by atoms with E-state index in [2.05, 4.69) is 29.0 Å². The van der Waals surface area contributed by atoms with Gasteiger partial charge < -0.3 is 5.73 Å². The summed E-state index contributed by atoms with van der Waals surface area (Å²) in [6.45, 7) is 2.11. The zero-order valence-electron chi connectivity index (χ0n) is 9.76. The van der Waals surface area contributed by atoms with E-state index in [1.807, 2.05) is 24.3 Å². The lowest BCUT2D eigenvalue weighted by atomic mass is 10.3. The van der Waals surface area contributed by atoms with Crippen LogP contribution < -0.4 is 5.73 Å². The number of aryl methyl sites for hydroxylation is 1. The van der Waals surface area contributed by atoms with Gasteiger partial charge in [0.1, 0.15) is 16.7 Å². The fourth-order valence-corrected chi connectivity index (χ4v) is 2.35. The van der Waals surface area contributed by atoms with Crippen LogP contribution in [0.25, 0.3) is 0 Å². The van der Waals surface area contributed by atoms with E-state index >= 15 is 0 Å². The zero-order chi connectivity index (χ0) is 12.1. The summed E-state index contributed by atoms with van der Waals surface area (Å²) in [6.07, 6.45) is 1.90. The van der Waals surface area contributed by atoms with E-state index in [4.69, 9.17) is 5.73 Å². The number of hydrogen-bond acceptors (Lipinski definition) is 4. The Balaban J connectivity index is 2.21. The molecule has 17 heavy (non-hydrogen) atoms. The van der Waals surface area contributed by atoms with Gasteiger partial charge in [-0.25, -0.2) is 9.97 Å². The smallest absolute Gasteiger partial charge is 0.132 e. The van der Waals surface area contributed by atoms with Crippen LogP contribution in [0.1, 0.15) is 19.2 Å². The molecule has 1 heterocycles. The third kappa shape index (κ3) is 3.46. The lowest BCUT2D eigenvalue weighted by Gasteiger charge is -2.04. The second-order valence-electron chi connectivity index (χ2n) is 3.71. The van der Waals surface area contributed by atoms with Crippen molar-refractivity contribution in [1.82, 2.24) is 9.97 Å². The second-order valence-corrected chi connectivity index (χ2v) is 4.81. The van der Waals surface area contributed by atoms with Gasteiger partial charge in [-0.3, -0.25) is 0 Å². The van der Waals surface area contributed by atoms with Gasteiger partial charge in [-0.2, -0.15) is 0 Å². The number of benzene rings is 1. The quantitative estimate of drug-likeness (QED) is 0.841. The summed E-state index contributed by atoms with van der Waals surface area (Å²) in [7, 11) is 0. The average Bonchev–Trinajstić information content (AvgIpc) is 2.30. The molecule has 0 unspecified atom stereocenters. The van der Waals surface area contributed by atoms with Crippen LogP contribution in [-0.4, -0.2) is 9.97 Å². The molecule has 0 amide bonds. The van der Waals surface area contributed by atoms with E-state index in [9.17, 15) is 0 Å². The topological polar surface area (TPSA) is 51.8 Å². The molecule has 0 radical (unpaired) electrons. The molecule has 0 atom stereocenters. The SMILES string of the molecule is CCCc1nc(N)cc(Sc2ccccc2)n1. The van der Waals surface area contributed by atoms with Crippen LogP contribution >= 0.6 is 11.8 Å². The van der Waals surface area contributed by atoms with Crippen molar-refractivity contribution in [1.29, 1.82) is 0 Å². The molecule has 1 aromatic heterocycles. The molecule has 2 rings (SSSR count). The number of anilines is 1. The molecule has 3 nitrogen and oxygen atoms in total. The fourth-order valence-electron chi connectivity index (χ4n) is 1.49. The van der Waals surface area contributed by atoms with Gasteiger partial charge in [-0.05, 0) is 18.6 Å². The average molecular weight is 245 g/mol. The van der Waals surface area contributed by atoms with Gasteiger partial charge in [0.15, 0.2) is 0 Å². The summed E-state index contributed by atoms with van der Waals surface area (Å²) in [4.78, 5) is 9.87. The highest BCUT2D eigenvalue weighted by Gasteiger charge is 2.03. The molecule has 2 aromatic rings. The van der Waals surface area contributed by atoms with Gasteiger partial charge in [-0.15, -0.1) is 0 Å². The van der Waals surface area contributed by atoms with Crippen molar-refractivity contribution in [3.05, 3.63) is 42.2 Å². The Morgan fingerprint density at radius 3 is 2.65 bits per heavy atom. The largest absolute Gasteiger partial charge is 0.384 e. The summed E-state index contributed by atoms with van der Waals surface area (Å²) in [5, 5.41) is 0.909. The lowest BCUT2D eigenvalue weighted by molar-refractivity contribution is 0.813. The number of nitrogen functional groups attached to an aromatic ring is 1. The lowest BCUT2D eigenvalue weighted by Crippen LogP contribution is -2.00. The van der Waals surface area contributed by atoms with Crippen LogP contribution in [0, 0.1) is 0 Å². The second kappa shape index (κ2) is 5.68. The van der Waals surface area contributed by atoms with E-state index in [1.165, 1.54) is 0 Å².